The van der Waals surface area contributed by atoms with Crippen LogP contribution >= 0.6 is 0 Å². The summed E-state index contributed by atoms with van der Waals surface area (Å²) in [5.41, 5.74) is 0.253. The van der Waals surface area contributed by atoms with Crippen LogP contribution in [0.1, 0.15) is 48.8 Å². The maximum absolute atomic E-state index is 12.1. The van der Waals surface area contributed by atoms with Gasteiger partial charge in [-0.15, -0.1) is 0 Å². The highest BCUT2D eigenvalue weighted by Crippen LogP contribution is 2.42. The average molecular weight is 316 g/mol. The van der Waals surface area contributed by atoms with Crippen LogP contribution in [0, 0.1) is 0 Å². The maximum atomic E-state index is 12.1. The van der Waals surface area contributed by atoms with Crippen LogP contribution in [0.15, 0.2) is 4.90 Å². The Morgan fingerprint density at radius 2 is 2.24 bits per heavy atom. The predicted molar refractivity (Wildman–Crippen MR) is 75.4 cm³/mol. The van der Waals surface area contributed by atoms with Gasteiger partial charge in [-0.2, -0.15) is 5.10 Å². The smallest absolute Gasteiger partial charge is 0.273 e. The summed E-state index contributed by atoms with van der Waals surface area (Å²) in [5.74, 6) is -0.483. The average Bonchev–Trinajstić information content (AvgIpc) is 3.13. The molecule has 0 radical (unpaired) electrons. The number of aromatic nitrogens is 2. The Hall–Kier alpha value is -1.45. The number of primary sulfonamides is 1. The summed E-state index contributed by atoms with van der Waals surface area (Å²) >= 11 is 0. The zero-order valence-corrected chi connectivity index (χ0v) is 12.9. The molecular formula is C12H20N4O4S. The third-order valence-electron chi connectivity index (χ3n) is 3.23. The summed E-state index contributed by atoms with van der Waals surface area (Å²) in [4.78, 5) is 11.9. The Bertz CT molecular complexity index is 621. The van der Waals surface area contributed by atoms with Crippen molar-refractivity contribution in [3.05, 3.63) is 11.4 Å². The van der Waals surface area contributed by atoms with E-state index >= 15 is 0 Å². The molecule has 1 amide bonds. The standard InChI is InChI=1S/C12H20N4O4S/c1-3-20-7(2)6-14-12(17)10-11(21(13,18)19)9(15-16-10)8-4-5-8/h7-8H,3-6H2,1-2H3,(H,14,17)(H,15,16)(H2,13,18,19). The van der Waals surface area contributed by atoms with E-state index in [1.807, 2.05) is 13.8 Å². The van der Waals surface area contributed by atoms with E-state index in [2.05, 4.69) is 15.5 Å². The Labute approximate surface area is 123 Å². The summed E-state index contributed by atoms with van der Waals surface area (Å²) in [6.07, 6.45) is 1.57. The lowest BCUT2D eigenvalue weighted by atomic mass is 10.2. The van der Waals surface area contributed by atoms with Crippen molar-refractivity contribution < 1.29 is 17.9 Å². The van der Waals surface area contributed by atoms with Crippen molar-refractivity contribution in [2.45, 2.75) is 43.6 Å². The first-order chi connectivity index (χ1) is 9.84. The lowest BCUT2D eigenvalue weighted by Crippen LogP contribution is -2.33. The van der Waals surface area contributed by atoms with E-state index in [9.17, 15) is 13.2 Å². The summed E-state index contributed by atoms with van der Waals surface area (Å²) in [6, 6.07) is 0. The van der Waals surface area contributed by atoms with E-state index < -0.39 is 15.9 Å². The molecule has 1 aromatic rings. The monoisotopic (exact) mass is 316 g/mol. The van der Waals surface area contributed by atoms with Crippen molar-refractivity contribution in [3.63, 3.8) is 0 Å². The second-order valence-electron chi connectivity index (χ2n) is 5.11. The van der Waals surface area contributed by atoms with Gasteiger partial charge in [0.1, 0.15) is 4.90 Å². The number of sulfonamides is 1. The molecule has 2 rings (SSSR count). The molecule has 1 aliphatic rings. The van der Waals surface area contributed by atoms with Crippen molar-refractivity contribution in [3.8, 4) is 0 Å². The van der Waals surface area contributed by atoms with Crippen LogP contribution in [0.5, 0.6) is 0 Å². The van der Waals surface area contributed by atoms with Crippen LogP contribution in [0.4, 0.5) is 0 Å². The van der Waals surface area contributed by atoms with Crippen LogP contribution in [-0.4, -0.2) is 43.8 Å². The number of aromatic amines is 1. The van der Waals surface area contributed by atoms with Crippen LogP contribution in [0.3, 0.4) is 0 Å². The Balaban J connectivity index is 2.17. The quantitative estimate of drug-likeness (QED) is 0.657. The second kappa shape index (κ2) is 6.12. The van der Waals surface area contributed by atoms with E-state index in [1.165, 1.54) is 0 Å². The minimum absolute atomic E-state index is 0.0923. The molecule has 1 saturated carbocycles. The number of amides is 1. The number of nitrogens with two attached hydrogens (primary N) is 1. The molecule has 9 heteroatoms. The molecule has 0 bridgehead atoms. The minimum atomic E-state index is -4.01. The molecule has 118 valence electrons. The molecular weight excluding hydrogens is 296 g/mol. The molecule has 0 spiro atoms. The first-order valence-corrected chi connectivity index (χ1v) is 8.40. The van der Waals surface area contributed by atoms with E-state index in [4.69, 9.17) is 9.88 Å². The third kappa shape index (κ3) is 3.80. The van der Waals surface area contributed by atoms with Crippen LogP contribution < -0.4 is 10.5 Å². The van der Waals surface area contributed by atoms with Gasteiger partial charge in [0.25, 0.3) is 5.91 Å². The SMILES string of the molecule is CCOC(C)CNC(=O)c1n[nH]c(C2CC2)c1S(N)(=O)=O. The number of ether oxygens (including phenoxy) is 1. The lowest BCUT2D eigenvalue weighted by Gasteiger charge is -2.12. The third-order valence-corrected chi connectivity index (χ3v) is 4.22. The zero-order valence-electron chi connectivity index (χ0n) is 12.0. The van der Waals surface area contributed by atoms with Gasteiger partial charge in [-0.25, -0.2) is 13.6 Å². The highest BCUT2D eigenvalue weighted by Gasteiger charge is 2.35. The summed E-state index contributed by atoms with van der Waals surface area (Å²) in [6.45, 7) is 4.47. The summed E-state index contributed by atoms with van der Waals surface area (Å²) in [5, 5.41) is 14.3. The molecule has 1 unspecified atom stereocenters. The van der Waals surface area contributed by atoms with Gasteiger partial charge in [0.15, 0.2) is 5.69 Å². The number of hydrogen-bond donors (Lipinski definition) is 3. The second-order valence-corrected chi connectivity index (χ2v) is 6.61. The largest absolute Gasteiger partial charge is 0.377 e. The van der Waals surface area contributed by atoms with Crippen LogP contribution in [0.2, 0.25) is 0 Å². The first-order valence-electron chi connectivity index (χ1n) is 6.85. The lowest BCUT2D eigenvalue weighted by molar-refractivity contribution is 0.0692. The fourth-order valence-corrected chi connectivity index (χ4v) is 3.03. The van der Waals surface area contributed by atoms with E-state index in [0.717, 1.165) is 12.8 Å². The van der Waals surface area contributed by atoms with Crippen molar-refractivity contribution in [2.24, 2.45) is 5.14 Å². The van der Waals surface area contributed by atoms with Crippen LogP contribution in [0.25, 0.3) is 0 Å². The van der Waals surface area contributed by atoms with E-state index in [1.54, 1.807) is 0 Å². The van der Waals surface area contributed by atoms with Gasteiger partial charge in [-0.1, -0.05) is 0 Å². The number of carbonyl (C=O) groups is 1. The highest BCUT2D eigenvalue weighted by atomic mass is 32.2. The van der Waals surface area contributed by atoms with E-state index in [0.29, 0.717) is 12.3 Å². The summed E-state index contributed by atoms with van der Waals surface area (Å²) in [7, 11) is -4.01. The fourth-order valence-electron chi connectivity index (χ4n) is 2.10. The fraction of sp³-hybridized carbons (Fsp3) is 0.667. The van der Waals surface area contributed by atoms with Gasteiger partial charge in [-0.05, 0) is 26.7 Å². The van der Waals surface area contributed by atoms with Crippen molar-refractivity contribution in [1.82, 2.24) is 15.5 Å². The predicted octanol–water partition coefficient (Wildman–Crippen LogP) is 0.0893. The normalized spacial score (nSPS) is 16.7. The van der Waals surface area contributed by atoms with Crippen molar-refractivity contribution in [1.29, 1.82) is 0 Å². The highest BCUT2D eigenvalue weighted by molar-refractivity contribution is 7.89. The minimum Gasteiger partial charge on any atom is -0.377 e. The molecule has 1 aliphatic carbocycles. The zero-order chi connectivity index (χ0) is 15.6. The first kappa shape index (κ1) is 15.9. The van der Waals surface area contributed by atoms with Crippen LogP contribution in [-0.2, 0) is 14.8 Å². The molecule has 1 atom stereocenters. The molecule has 1 aromatic heterocycles. The number of nitrogens with zero attached hydrogens (tertiary/aromatic N) is 1. The topological polar surface area (TPSA) is 127 Å². The van der Waals surface area contributed by atoms with Crippen molar-refractivity contribution >= 4 is 15.9 Å². The number of carbonyl (C=O) groups excluding carboxylic acids is 1. The number of rotatable bonds is 7. The molecule has 1 heterocycles. The van der Waals surface area contributed by atoms with Gasteiger partial charge >= 0.3 is 0 Å². The van der Waals surface area contributed by atoms with Gasteiger partial charge in [-0.3, -0.25) is 9.89 Å². The van der Waals surface area contributed by atoms with Crippen molar-refractivity contribution in [2.75, 3.05) is 13.2 Å². The number of nitrogens with one attached hydrogen (secondary N) is 2. The molecule has 4 N–H and O–H groups in total. The molecule has 8 nitrogen and oxygen atoms in total. The van der Waals surface area contributed by atoms with Gasteiger partial charge in [0.05, 0.1) is 11.8 Å². The van der Waals surface area contributed by atoms with Gasteiger partial charge in [0.2, 0.25) is 10.0 Å². The molecule has 0 saturated heterocycles. The Morgan fingerprint density at radius 1 is 1.57 bits per heavy atom. The maximum Gasteiger partial charge on any atom is 0.273 e. The number of hydrogen-bond acceptors (Lipinski definition) is 5. The Kier molecular flexibility index (Phi) is 4.64. The van der Waals surface area contributed by atoms with Gasteiger partial charge in [0, 0.05) is 19.1 Å². The molecule has 1 fully saturated rings. The van der Waals surface area contributed by atoms with E-state index in [-0.39, 0.29) is 29.2 Å². The summed E-state index contributed by atoms with van der Waals surface area (Å²) < 4.78 is 28.7. The Morgan fingerprint density at radius 3 is 2.76 bits per heavy atom. The molecule has 21 heavy (non-hydrogen) atoms. The molecule has 0 aliphatic heterocycles. The van der Waals surface area contributed by atoms with Gasteiger partial charge < -0.3 is 10.1 Å². The molecule has 0 aromatic carbocycles. The number of H-pyrrole nitrogens is 1.